The van der Waals surface area contributed by atoms with Crippen molar-refractivity contribution in [3.63, 3.8) is 0 Å². The first-order valence-corrected chi connectivity index (χ1v) is 5.97. The summed E-state index contributed by atoms with van der Waals surface area (Å²) in [6.45, 7) is 1.80. The molecule has 0 spiro atoms. The van der Waals surface area contributed by atoms with Crippen LogP contribution in [-0.2, 0) is 4.79 Å². The van der Waals surface area contributed by atoms with Crippen molar-refractivity contribution in [3.05, 3.63) is 42.1 Å². The number of aromatic nitrogens is 2. The number of thiazole rings is 1. The minimum Gasteiger partial charge on any atom is -0.298 e. The lowest BCUT2D eigenvalue weighted by Gasteiger charge is -1.96. The summed E-state index contributed by atoms with van der Waals surface area (Å²) in [4.78, 5) is 19.6. The summed E-state index contributed by atoms with van der Waals surface area (Å²) in [6.07, 6.45) is 6.58. The van der Waals surface area contributed by atoms with E-state index in [4.69, 9.17) is 0 Å². The van der Waals surface area contributed by atoms with E-state index in [2.05, 4.69) is 15.3 Å². The van der Waals surface area contributed by atoms with Gasteiger partial charge in [0.2, 0.25) is 5.91 Å². The van der Waals surface area contributed by atoms with E-state index >= 15 is 0 Å². The Morgan fingerprint density at radius 2 is 2.18 bits per heavy atom. The lowest BCUT2D eigenvalue weighted by atomic mass is 10.2. The molecule has 2 rings (SSSR count). The van der Waals surface area contributed by atoms with Crippen LogP contribution in [0.15, 0.2) is 42.1 Å². The molecule has 0 atom stereocenters. The first-order chi connectivity index (χ1) is 8.29. The van der Waals surface area contributed by atoms with Crippen LogP contribution in [0, 0.1) is 0 Å². The predicted molar refractivity (Wildman–Crippen MR) is 68.8 cm³/mol. The van der Waals surface area contributed by atoms with Gasteiger partial charge in [-0.1, -0.05) is 6.08 Å². The molecule has 0 aliphatic carbocycles. The lowest BCUT2D eigenvalue weighted by Crippen LogP contribution is -2.07. The van der Waals surface area contributed by atoms with E-state index < -0.39 is 0 Å². The van der Waals surface area contributed by atoms with Crippen molar-refractivity contribution in [2.45, 2.75) is 6.92 Å². The average Bonchev–Trinajstić information content (AvgIpc) is 2.79. The van der Waals surface area contributed by atoms with Crippen molar-refractivity contribution in [3.8, 4) is 11.3 Å². The number of nitrogens with one attached hydrogen (secondary N) is 1. The first kappa shape index (κ1) is 11.5. The Morgan fingerprint density at radius 3 is 2.88 bits per heavy atom. The number of amides is 1. The summed E-state index contributed by atoms with van der Waals surface area (Å²) in [7, 11) is 0. The molecule has 5 heteroatoms. The highest BCUT2D eigenvalue weighted by atomic mass is 32.1. The molecule has 1 amide bonds. The molecule has 4 nitrogen and oxygen atoms in total. The average molecular weight is 245 g/mol. The molecule has 0 saturated carbocycles. The Morgan fingerprint density at radius 1 is 1.41 bits per heavy atom. The summed E-state index contributed by atoms with van der Waals surface area (Å²) in [6, 6.07) is 3.76. The van der Waals surface area contributed by atoms with Gasteiger partial charge in [-0.25, -0.2) is 4.98 Å². The standard InChI is InChI=1S/C12H11N3OS/c1-2-3-11(16)15-12-14-10(8-17-12)9-4-6-13-7-5-9/h2-8H,1H3,(H,14,15,16)/b3-2+. The first-order valence-electron chi connectivity index (χ1n) is 5.09. The van der Waals surface area contributed by atoms with E-state index in [1.807, 2.05) is 17.5 Å². The van der Waals surface area contributed by atoms with Crippen LogP contribution in [0.25, 0.3) is 11.3 Å². The van der Waals surface area contributed by atoms with Crippen LogP contribution in [0.3, 0.4) is 0 Å². The second-order valence-corrected chi connectivity index (χ2v) is 4.12. The third-order valence-corrected chi connectivity index (χ3v) is 2.79. The molecule has 0 aromatic carbocycles. The lowest BCUT2D eigenvalue weighted by molar-refractivity contribution is -0.111. The Labute approximate surface area is 103 Å². The number of hydrogen-bond donors (Lipinski definition) is 1. The minimum absolute atomic E-state index is 0.164. The SMILES string of the molecule is C/C=C/C(=O)Nc1nc(-c2ccncc2)cs1. The van der Waals surface area contributed by atoms with Gasteiger partial charge in [0.05, 0.1) is 5.69 Å². The van der Waals surface area contributed by atoms with Crippen LogP contribution in [-0.4, -0.2) is 15.9 Å². The Balaban J connectivity index is 2.14. The number of nitrogens with zero attached hydrogens (tertiary/aromatic N) is 2. The zero-order chi connectivity index (χ0) is 12.1. The maximum absolute atomic E-state index is 11.3. The molecule has 0 saturated heterocycles. The fourth-order valence-corrected chi connectivity index (χ4v) is 2.01. The number of pyridine rings is 1. The summed E-state index contributed by atoms with van der Waals surface area (Å²) < 4.78 is 0. The van der Waals surface area contributed by atoms with Gasteiger partial charge in [-0.2, -0.15) is 0 Å². The quantitative estimate of drug-likeness (QED) is 0.846. The fraction of sp³-hybridized carbons (Fsp3) is 0.0833. The molecule has 2 aromatic rings. The molecule has 0 aliphatic rings. The van der Waals surface area contributed by atoms with E-state index in [9.17, 15) is 4.79 Å². The monoisotopic (exact) mass is 245 g/mol. The van der Waals surface area contributed by atoms with Gasteiger partial charge in [0, 0.05) is 23.3 Å². The highest BCUT2D eigenvalue weighted by molar-refractivity contribution is 7.14. The van der Waals surface area contributed by atoms with E-state index in [1.165, 1.54) is 17.4 Å². The molecule has 0 fully saturated rings. The van der Waals surface area contributed by atoms with Crippen LogP contribution >= 0.6 is 11.3 Å². The van der Waals surface area contributed by atoms with Crippen molar-refractivity contribution >= 4 is 22.4 Å². The van der Waals surface area contributed by atoms with Gasteiger partial charge in [0.15, 0.2) is 5.13 Å². The van der Waals surface area contributed by atoms with E-state index in [-0.39, 0.29) is 5.91 Å². The highest BCUT2D eigenvalue weighted by Crippen LogP contribution is 2.24. The van der Waals surface area contributed by atoms with E-state index in [0.717, 1.165) is 11.3 Å². The third kappa shape index (κ3) is 2.98. The van der Waals surface area contributed by atoms with Crippen LogP contribution in [0.5, 0.6) is 0 Å². The Kier molecular flexibility index (Phi) is 3.62. The minimum atomic E-state index is -0.164. The van der Waals surface area contributed by atoms with Gasteiger partial charge in [-0.15, -0.1) is 11.3 Å². The molecule has 17 heavy (non-hydrogen) atoms. The normalized spacial score (nSPS) is 10.6. The van der Waals surface area contributed by atoms with Gasteiger partial charge >= 0.3 is 0 Å². The van der Waals surface area contributed by atoms with Crippen molar-refractivity contribution in [2.24, 2.45) is 0 Å². The number of anilines is 1. The number of allylic oxidation sites excluding steroid dienone is 1. The van der Waals surface area contributed by atoms with Crippen LogP contribution in [0.2, 0.25) is 0 Å². The smallest absolute Gasteiger partial charge is 0.249 e. The summed E-state index contributed by atoms with van der Waals surface area (Å²) >= 11 is 1.40. The van der Waals surface area contributed by atoms with Crippen molar-refractivity contribution in [1.29, 1.82) is 0 Å². The van der Waals surface area contributed by atoms with Crippen LogP contribution in [0.4, 0.5) is 5.13 Å². The van der Waals surface area contributed by atoms with Crippen LogP contribution < -0.4 is 5.32 Å². The van der Waals surface area contributed by atoms with Crippen LogP contribution in [0.1, 0.15) is 6.92 Å². The largest absolute Gasteiger partial charge is 0.298 e. The Bertz CT molecular complexity index is 534. The molecule has 2 heterocycles. The van der Waals surface area contributed by atoms with Crippen molar-refractivity contribution in [2.75, 3.05) is 5.32 Å². The number of carbonyl (C=O) groups excluding carboxylic acids is 1. The number of rotatable bonds is 3. The fourth-order valence-electron chi connectivity index (χ4n) is 1.28. The maximum atomic E-state index is 11.3. The van der Waals surface area contributed by atoms with E-state index in [1.54, 1.807) is 25.4 Å². The van der Waals surface area contributed by atoms with Gasteiger partial charge in [0.25, 0.3) is 0 Å². The summed E-state index contributed by atoms with van der Waals surface area (Å²) in [5.41, 5.74) is 1.83. The summed E-state index contributed by atoms with van der Waals surface area (Å²) in [5.74, 6) is -0.164. The third-order valence-electron chi connectivity index (χ3n) is 2.03. The molecule has 0 bridgehead atoms. The number of hydrogen-bond acceptors (Lipinski definition) is 4. The van der Waals surface area contributed by atoms with Crippen molar-refractivity contribution < 1.29 is 4.79 Å². The molecule has 0 unspecified atom stereocenters. The zero-order valence-electron chi connectivity index (χ0n) is 9.25. The number of carbonyl (C=O) groups is 1. The van der Waals surface area contributed by atoms with Gasteiger partial charge in [-0.05, 0) is 25.1 Å². The molecule has 1 N–H and O–H groups in total. The maximum Gasteiger partial charge on any atom is 0.249 e. The van der Waals surface area contributed by atoms with Gasteiger partial charge < -0.3 is 0 Å². The van der Waals surface area contributed by atoms with Crippen molar-refractivity contribution in [1.82, 2.24) is 9.97 Å². The molecular weight excluding hydrogens is 234 g/mol. The molecule has 86 valence electrons. The van der Waals surface area contributed by atoms with E-state index in [0.29, 0.717) is 5.13 Å². The molecular formula is C12H11N3OS. The Hall–Kier alpha value is -2.01. The second-order valence-electron chi connectivity index (χ2n) is 3.26. The van der Waals surface area contributed by atoms with Gasteiger partial charge in [0.1, 0.15) is 0 Å². The molecule has 0 aliphatic heterocycles. The molecule has 0 radical (unpaired) electrons. The van der Waals surface area contributed by atoms with Gasteiger partial charge in [-0.3, -0.25) is 15.1 Å². The zero-order valence-corrected chi connectivity index (χ0v) is 10.1. The topological polar surface area (TPSA) is 54.9 Å². The summed E-state index contributed by atoms with van der Waals surface area (Å²) in [5, 5.41) is 5.20. The highest BCUT2D eigenvalue weighted by Gasteiger charge is 2.05. The predicted octanol–water partition coefficient (Wildman–Crippen LogP) is 2.72. The second kappa shape index (κ2) is 5.36. The molecule has 2 aromatic heterocycles.